The molecule has 0 aliphatic carbocycles. The van der Waals surface area contributed by atoms with E-state index in [1.165, 1.54) is 12.8 Å². The third-order valence-electron chi connectivity index (χ3n) is 3.74. The number of unbranched alkanes of at least 4 members (excludes halogenated alkanes) is 5. The molecule has 0 heterocycles. The average Bonchev–Trinajstić information content (AvgIpc) is 2.62. The minimum absolute atomic E-state index is 0.332. The van der Waals surface area contributed by atoms with E-state index in [1.54, 1.807) is 0 Å². The first kappa shape index (κ1) is 23.6. The fourth-order valence-corrected chi connectivity index (χ4v) is 2.27. The molecule has 0 unspecified atom stereocenters. The fourth-order valence-electron chi connectivity index (χ4n) is 2.27. The predicted octanol–water partition coefficient (Wildman–Crippen LogP) is 4.47. The SMILES string of the molecule is CCC=CCC=CCC=CCCCCCCCC(=O)OC(CO)CO. The second-order valence-electron chi connectivity index (χ2n) is 6.08. The van der Waals surface area contributed by atoms with E-state index in [9.17, 15) is 4.79 Å². The standard InChI is InChI=1S/C21H36O4/c1-2-3-4-5-6-7-8-9-10-11-12-13-14-15-16-17-21(24)25-20(18-22)19-23/h3-4,6-7,9-10,20,22-23H,2,5,8,11-19H2,1H3. The minimum atomic E-state index is -0.776. The van der Waals surface area contributed by atoms with Gasteiger partial charge in [-0.2, -0.15) is 0 Å². The van der Waals surface area contributed by atoms with Gasteiger partial charge in [-0.25, -0.2) is 0 Å². The Morgan fingerprint density at radius 2 is 1.40 bits per heavy atom. The van der Waals surface area contributed by atoms with Gasteiger partial charge in [-0.1, -0.05) is 62.6 Å². The minimum Gasteiger partial charge on any atom is -0.457 e. The van der Waals surface area contributed by atoms with Crippen LogP contribution in [0.3, 0.4) is 0 Å². The number of aliphatic hydroxyl groups excluding tert-OH is 2. The number of esters is 1. The normalized spacial score (nSPS) is 12.2. The van der Waals surface area contributed by atoms with Crippen molar-refractivity contribution >= 4 is 5.97 Å². The van der Waals surface area contributed by atoms with E-state index >= 15 is 0 Å². The van der Waals surface area contributed by atoms with Gasteiger partial charge in [-0.15, -0.1) is 0 Å². The molecule has 0 radical (unpaired) electrons. The van der Waals surface area contributed by atoms with Crippen LogP contribution in [0.5, 0.6) is 0 Å². The molecule has 0 aliphatic rings. The summed E-state index contributed by atoms with van der Waals surface area (Å²) < 4.78 is 4.91. The first-order chi connectivity index (χ1) is 12.2. The first-order valence-corrected chi connectivity index (χ1v) is 9.60. The fraction of sp³-hybridized carbons (Fsp3) is 0.667. The molecular weight excluding hydrogens is 316 g/mol. The number of ether oxygens (including phenoxy) is 1. The highest BCUT2D eigenvalue weighted by atomic mass is 16.6. The van der Waals surface area contributed by atoms with E-state index in [2.05, 4.69) is 43.4 Å². The maximum Gasteiger partial charge on any atom is 0.306 e. The van der Waals surface area contributed by atoms with Gasteiger partial charge in [0, 0.05) is 6.42 Å². The molecule has 0 saturated carbocycles. The van der Waals surface area contributed by atoms with Crippen LogP contribution in [-0.4, -0.2) is 35.5 Å². The second kappa shape index (κ2) is 18.9. The maximum atomic E-state index is 11.4. The Hall–Kier alpha value is -1.39. The first-order valence-electron chi connectivity index (χ1n) is 9.60. The number of hydrogen-bond donors (Lipinski definition) is 2. The quantitative estimate of drug-likeness (QED) is 0.244. The van der Waals surface area contributed by atoms with Crippen LogP contribution in [0.1, 0.15) is 71.1 Å². The largest absolute Gasteiger partial charge is 0.457 e. The lowest BCUT2D eigenvalue weighted by Crippen LogP contribution is -2.25. The molecule has 0 aliphatic heterocycles. The van der Waals surface area contributed by atoms with Crippen LogP contribution in [0.2, 0.25) is 0 Å². The zero-order valence-electron chi connectivity index (χ0n) is 15.7. The second-order valence-corrected chi connectivity index (χ2v) is 6.08. The van der Waals surface area contributed by atoms with E-state index < -0.39 is 6.10 Å². The van der Waals surface area contributed by atoms with Crippen LogP contribution in [0.25, 0.3) is 0 Å². The van der Waals surface area contributed by atoms with E-state index in [-0.39, 0.29) is 19.2 Å². The third kappa shape index (κ3) is 17.2. The molecule has 0 spiro atoms. The van der Waals surface area contributed by atoms with Gasteiger partial charge in [-0.3, -0.25) is 4.79 Å². The van der Waals surface area contributed by atoms with Crippen molar-refractivity contribution in [1.82, 2.24) is 0 Å². The van der Waals surface area contributed by atoms with Gasteiger partial charge in [-0.05, 0) is 38.5 Å². The van der Waals surface area contributed by atoms with Crippen molar-refractivity contribution < 1.29 is 19.7 Å². The Morgan fingerprint density at radius 3 is 2.04 bits per heavy atom. The van der Waals surface area contributed by atoms with Gasteiger partial charge in [0.2, 0.25) is 0 Å². The van der Waals surface area contributed by atoms with Crippen molar-refractivity contribution in [3.63, 3.8) is 0 Å². The summed E-state index contributed by atoms with van der Waals surface area (Å²) in [5.41, 5.74) is 0. The topological polar surface area (TPSA) is 66.8 Å². The zero-order chi connectivity index (χ0) is 18.6. The molecule has 0 aromatic rings. The Morgan fingerprint density at radius 1 is 0.840 bits per heavy atom. The predicted molar refractivity (Wildman–Crippen MR) is 103 cm³/mol. The highest BCUT2D eigenvalue weighted by Gasteiger charge is 2.11. The molecule has 0 bridgehead atoms. The lowest BCUT2D eigenvalue weighted by atomic mass is 10.1. The molecule has 0 fully saturated rings. The third-order valence-corrected chi connectivity index (χ3v) is 3.74. The van der Waals surface area contributed by atoms with Gasteiger partial charge in [0.1, 0.15) is 6.10 Å². The molecular formula is C21H36O4. The van der Waals surface area contributed by atoms with E-state index in [4.69, 9.17) is 14.9 Å². The highest BCUT2D eigenvalue weighted by molar-refractivity contribution is 5.69. The molecule has 0 aromatic carbocycles. The summed E-state index contributed by atoms with van der Waals surface area (Å²) in [6.45, 7) is 1.48. The van der Waals surface area contributed by atoms with Gasteiger partial charge in [0.15, 0.2) is 0 Å². The highest BCUT2D eigenvalue weighted by Crippen LogP contribution is 2.09. The summed E-state index contributed by atoms with van der Waals surface area (Å²) >= 11 is 0. The molecule has 0 aromatic heterocycles. The molecule has 0 atom stereocenters. The number of allylic oxidation sites excluding steroid dienone is 6. The van der Waals surface area contributed by atoms with Crippen LogP contribution in [-0.2, 0) is 9.53 Å². The smallest absolute Gasteiger partial charge is 0.306 e. The molecule has 4 heteroatoms. The average molecular weight is 353 g/mol. The van der Waals surface area contributed by atoms with Crippen LogP contribution in [0.4, 0.5) is 0 Å². The maximum absolute atomic E-state index is 11.4. The summed E-state index contributed by atoms with van der Waals surface area (Å²) in [5, 5.41) is 17.7. The molecule has 144 valence electrons. The Kier molecular flexibility index (Phi) is 17.9. The van der Waals surface area contributed by atoms with Crippen LogP contribution in [0.15, 0.2) is 36.5 Å². The summed E-state index contributed by atoms with van der Waals surface area (Å²) in [7, 11) is 0. The monoisotopic (exact) mass is 352 g/mol. The molecule has 0 amide bonds. The molecule has 0 rings (SSSR count). The summed E-state index contributed by atoms with van der Waals surface area (Å²) in [6.07, 6.45) is 22.3. The lowest BCUT2D eigenvalue weighted by Gasteiger charge is -2.12. The van der Waals surface area contributed by atoms with Crippen molar-refractivity contribution in [2.45, 2.75) is 77.2 Å². The number of carbonyl (C=O) groups is 1. The van der Waals surface area contributed by atoms with E-state index in [1.807, 2.05) is 0 Å². The van der Waals surface area contributed by atoms with Crippen LogP contribution < -0.4 is 0 Å². The zero-order valence-corrected chi connectivity index (χ0v) is 15.7. The summed E-state index contributed by atoms with van der Waals surface area (Å²) in [6, 6.07) is 0. The Bertz CT molecular complexity index is 381. The summed E-state index contributed by atoms with van der Waals surface area (Å²) in [5.74, 6) is -0.339. The van der Waals surface area contributed by atoms with Crippen LogP contribution >= 0.6 is 0 Å². The molecule has 2 N–H and O–H groups in total. The molecule has 25 heavy (non-hydrogen) atoms. The number of hydrogen-bond acceptors (Lipinski definition) is 4. The Labute approximate surface area is 153 Å². The number of carbonyl (C=O) groups excluding carboxylic acids is 1. The molecule has 4 nitrogen and oxygen atoms in total. The van der Waals surface area contributed by atoms with Gasteiger partial charge >= 0.3 is 5.97 Å². The number of rotatable bonds is 16. The van der Waals surface area contributed by atoms with Gasteiger partial charge < -0.3 is 14.9 Å². The van der Waals surface area contributed by atoms with Crippen molar-refractivity contribution in [2.75, 3.05) is 13.2 Å². The van der Waals surface area contributed by atoms with Gasteiger partial charge in [0.25, 0.3) is 0 Å². The van der Waals surface area contributed by atoms with Gasteiger partial charge in [0.05, 0.1) is 13.2 Å². The van der Waals surface area contributed by atoms with Crippen LogP contribution in [0, 0.1) is 0 Å². The lowest BCUT2D eigenvalue weighted by molar-refractivity contribution is -0.153. The number of aliphatic hydroxyl groups is 2. The van der Waals surface area contributed by atoms with E-state index in [0.717, 1.165) is 44.9 Å². The summed E-state index contributed by atoms with van der Waals surface area (Å²) in [4.78, 5) is 11.4. The molecule has 0 saturated heterocycles. The van der Waals surface area contributed by atoms with Crippen molar-refractivity contribution in [2.24, 2.45) is 0 Å². The Balaban J connectivity index is 3.39. The van der Waals surface area contributed by atoms with Crippen molar-refractivity contribution in [3.05, 3.63) is 36.5 Å². The van der Waals surface area contributed by atoms with Crippen molar-refractivity contribution in [1.29, 1.82) is 0 Å². The van der Waals surface area contributed by atoms with Crippen molar-refractivity contribution in [3.8, 4) is 0 Å². The van der Waals surface area contributed by atoms with E-state index in [0.29, 0.717) is 6.42 Å².